The summed E-state index contributed by atoms with van der Waals surface area (Å²) in [6, 6.07) is 13.2. The van der Waals surface area contributed by atoms with Crippen LogP contribution in [0.5, 0.6) is 5.75 Å². The van der Waals surface area contributed by atoms with Gasteiger partial charge in [0.25, 0.3) is 0 Å². The number of sulfonamides is 1. The summed E-state index contributed by atoms with van der Waals surface area (Å²) in [6.07, 6.45) is 0. The minimum absolute atomic E-state index is 0.105. The fourth-order valence-corrected chi connectivity index (χ4v) is 3.44. The number of carbonyl (C=O) groups is 1. The molecule has 8 heteroatoms. The van der Waals surface area contributed by atoms with E-state index in [0.29, 0.717) is 11.4 Å². The molecular formula is C16H17IN2O4S. The number of benzene rings is 2. The highest BCUT2D eigenvalue weighted by Crippen LogP contribution is 2.18. The zero-order chi connectivity index (χ0) is 17.7. The number of methoxy groups -OCH3 is 1. The monoisotopic (exact) mass is 460 g/mol. The van der Waals surface area contributed by atoms with Gasteiger partial charge in [0.15, 0.2) is 0 Å². The zero-order valence-electron chi connectivity index (χ0n) is 13.2. The number of hydrogen-bond donors (Lipinski definition) is 1. The Kier molecular flexibility index (Phi) is 6.19. The first-order valence-electron chi connectivity index (χ1n) is 6.99. The van der Waals surface area contributed by atoms with Crippen LogP contribution in [0.15, 0.2) is 53.4 Å². The average molecular weight is 460 g/mol. The third kappa shape index (κ3) is 4.68. The van der Waals surface area contributed by atoms with Gasteiger partial charge < -0.3 is 10.1 Å². The topological polar surface area (TPSA) is 75.7 Å². The molecule has 0 atom stereocenters. The third-order valence-corrected chi connectivity index (χ3v) is 5.80. The number of hydrogen-bond acceptors (Lipinski definition) is 4. The van der Waals surface area contributed by atoms with Crippen LogP contribution in [0.3, 0.4) is 0 Å². The average Bonchev–Trinajstić information content (AvgIpc) is 2.57. The van der Waals surface area contributed by atoms with Gasteiger partial charge in [-0.15, -0.1) is 0 Å². The summed E-state index contributed by atoms with van der Waals surface area (Å²) in [5.74, 6) is 0.156. The molecule has 0 heterocycles. The zero-order valence-corrected chi connectivity index (χ0v) is 16.2. The third-order valence-electron chi connectivity index (χ3n) is 3.26. The van der Waals surface area contributed by atoms with Gasteiger partial charge in [0.05, 0.1) is 18.6 Å². The van der Waals surface area contributed by atoms with Crippen molar-refractivity contribution in [3.63, 3.8) is 0 Å². The van der Waals surface area contributed by atoms with Gasteiger partial charge in [-0.05, 0) is 71.1 Å². The van der Waals surface area contributed by atoms with Crippen LogP contribution < -0.4 is 10.1 Å². The van der Waals surface area contributed by atoms with Crippen molar-refractivity contribution in [1.82, 2.24) is 4.31 Å². The molecule has 0 saturated carbocycles. The summed E-state index contributed by atoms with van der Waals surface area (Å²) >= 11 is 2.16. The van der Waals surface area contributed by atoms with E-state index in [4.69, 9.17) is 4.74 Å². The molecule has 0 aliphatic heterocycles. The first kappa shape index (κ1) is 18.7. The smallest absolute Gasteiger partial charge is 0.243 e. The Morgan fingerprint density at radius 3 is 2.25 bits per heavy atom. The van der Waals surface area contributed by atoms with Crippen molar-refractivity contribution in [3.05, 3.63) is 52.1 Å². The molecule has 1 amide bonds. The van der Waals surface area contributed by atoms with Crippen LogP contribution in [-0.2, 0) is 14.8 Å². The van der Waals surface area contributed by atoms with E-state index < -0.39 is 15.9 Å². The molecule has 0 spiro atoms. The number of rotatable bonds is 6. The quantitative estimate of drug-likeness (QED) is 0.673. The number of nitrogens with zero attached hydrogens (tertiary/aromatic N) is 1. The lowest BCUT2D eigenvalue weighted by molar-refractivity contribution is -0.116. The number of halogens is 1. The number of amides is 1. The van der Waals surface area contributed by atoms with E-state index in [-0.39, 0.29) is 11.4 Å². The Balaban J connectivity index is 2.05. The molecule has 0 aromatic heterocycles. The largest absolute Gasteiger partial charge is 0.497 e. The Morgan fingerprint density at radius 1 is 1.12 bits per heavy atom. The van der Waals surface area contributed by atoms with Crippen molar-refractivity contribution in [2.45, 2.75) is 4.90 Å². The van der Waals surface area contributed by atoms with Crippen molar-refractivity contribution >= 4 is 44.2 Å². The number of carbonyl (C=O) groups excluding carboxylic acids is 1. The molecule has 6 nitrogen and oxygen atoms in total. The number of anilines is 1. The number of ether oxygens (including phenoxy) is 1. The van der Waals surface area contributed by atoms with E-state index in [1.54, 1.807) is 24.3 Å². The molecule has 24 heavy (non-hydrogen) atoms. The normalized spacial score (nSPS) is 11.3. The lowest BCUT2D eigenvalue weighted by Crippen LogP contribution is -2.34. The number of likely N-dealkylation sites (N-methyl/N-ethyl adjacent to an activating group) is 1. The lowest BCUT2D eigenvalue weighted by atomic mass is 10.3. The molecule has 128 valence electrons. The van der Waals surface area contributed by atoms with Crippen molar-refractivity contribution < 1.29 is 17.9 Å². The van der Waals surface area contributed by atoms with Crippen LogP contribution in [0.4, 0.5) is 5.69 Å². The molecule has 2 aromatic rings. The van der Waals surface area contributed by atoms with Gasteiger partial charge in [-0.1, -0.05) is 0 Å². The van der Waals surface area contributed by atoms with Gasteiger partial charge in [0, 0.05) is 16.3 Å². The molecule has 0 saturated heterocycles. The fraction of sp³-hybridized carbons (Fsp3) is 0.188. The van der Waals surface area contributed by atoms with Crippen molar-refractivity contribution in [3.8, 4) is 5.75 Å². The van der Waals surface area contributed by atoms with Gasteiger partial charge >= 0.3 is 0 Å². The standard InChI is InChI=1S/C16H17IN2O4S/c1-19(11-16(20)18-13-5-3-12(17)4-6-13)24(21,22)15-9-7-14(23-2)8-10-15/h3-10H,11H2,1-2H3,(H,18,20). The van der Waals surface area contributed by atoms with Gasteiger partial charge in [-0.2, -0.15) is 4.31 Å². The first-order chi connectivity index (χ1) is 11.3. The lowest BCUT2D eigenvalue weighted by Gasteiger charge is -2.17. The Morgan fingerprint density at radius 2 is 1.71 bits per heavy atom. The second kappa shape index (κ2) is 7.95. The maximum absolute atomic E-state index is 12.5. The molecule has 2 aromatic carbocycles. The Bertz CT molecular complexity index is 805. The minimum atomic E-state index is -3.74. The van der Waals surface area contributed by atoms with Crippen LogP contribution in [0, 0.1) is 3.57 Å². The summed E-state index contributed by atoms with van der Waals surface area (Å²) < 4.78 is 32.0. The first-order valence-corrected chi connectivity index (χ1v) is 9.50. The van der Waals surface area contributed by atoms with Crippen LogP contribution in [-0.4, -0.2) is 39.3 Å². The van der Waals surface area contributed by atoms with Crippen LogP contribution in [0.2, 0.25) is 0 Å². The SMILES string of the molecule is COc1ccc(S(=O)(=O)N(C)CC(=O)Nc2ccc(I)cc2)cc1. The molecule has 0 unspecified atom stereocenters. The fourth-order valence-electron chi connectivity index (χ4n) is 1.95. The second-order valence-corrected chi connectivity index (χ2v) is 8.28. The molecule has 0 bridgehead atoms. The van der Waals surface area contributed by atoms with Crippen LogP contribution >= 0.6 is 22.6 Å². The highest BCUT2D eigenvalue weighted by atomic mass is 127. The van der Waals surface area contributed by atoms with Gasteiger partial charge in [-0.3, -0.25) is 4.79 Å². The van der Waals surface area contributed by atoms with Gasteiger partial charge in [0.2, 0.25) is 15.9 Å². The van der Waals surface area contributed by atoms with Crippen molar-refractivity contribution in [2.75, 3.05) is 26.0 Å². The highest BCUT2D eigenvalue weighted by Gasteiger charge is 2.23. The molecule has 0 aliphatic rings. The summed E-state index contributed by atoms with van der Waals surface area (Å²) in [7, 11) is -0.870. The Hall–Kier alpha value is -1.65. The van der Waals surface area contributed by atoms with E-state index in [2.05, 4.69) is 27.9 Å². The van der Waals surface area contributed by atoms with E-state index in [9.17, 15) is 13.2 Å². The van der Waals surface area contributed by atoms with E-state index >= 15 is 0 Å². The molecule has 0 aliphatic carbocycles. The van der Waals surface area contributed by atoms with E-state index in [1.807, 2.05) is 12.1 Å². The minimum Gasteiger partial charge on any atom is -0.497 e. The van der Waals surface area contributed by atoms with E-state index in [0.717, 1.165) is 7.88 Å². The maximum Gasteiger partial charge on any atom is 0.243 e. The molecule has 0 radical (unpaired) electrons. The highest BCUT2D eigenvalue weighted by molar-refractivity contribution is 14.1. The van der Waals surface area contributed by atoms with Crippen molar-refractivity contribution in [2.24, 2.45) is 0 Å². The van der Waals surface area contributed by atoms with Crippen LogP contribution in [0.25, 0.3) is 0 Å². The molecular weight excluding hydrogens is 443 g/mol. The summed E-state index contributed by atoms with van der Waals surface area (Å²) in [6.45, 7) is -0.277. The summed E-state index contributed by atoms with van der Waals surface area (Å²) in [4.78, 5) is 12.2. The number of nitrogens with one attached hydrogen (secondary N) is 1. The summed E-state index contributed by atoms with van der Waals surface area (Å²) in [5, 5.41) is 2.67. The predicted octanol–water partition coefficient (Wildman–Crippen LogP) is 2.56. The molecule has 0 fully saturated rings. The van der Waals surface area contributed by atoms with Crippen LogP contribution in [0.1, 0.15) is 0 Å². The Labute approximate surface area is 155 Å². The predicted molar refractivity (Wildman–Crippen MR) is 101 cm³/mol. The summed E-state index contributed by atoms with van der Waals surface area (Å²) in [5.41, 5.74) is 0.621. The van der Waals surface area contributed by atoms with Gasteiger partial charge in [-0.25, -0.2) is 8.42 Å². The molecule has 2 rings (SSSR count). The second-order valence-electron chi connectivity index (χ2n) is 4.99. The van der Waals surface area contributed by atoms with Crippen molar-refractivity contribution in [1.29, 1.82) is 0 Å². The molecule has 1 N–H and O–H groups in total. The maximum atomic E-state index is 12.5. The van der Waals surface area contributed by atoms with E-state index in [1.165, 1.54) is 26.3 Å². The van der Waals surface area contributed by atoms with Gasteiger partial charge in [0.1, 0.15) is 5.75 Å².